The molecule has 1 fully saturated rings. The van der Waals surface area contributed by atoms with Crippen molar-refractivity contribution in [1.82, 2.24) is 20.4 Å². The lowest BCUT2D eigenvalue weighted by Gasteiger charge is -2.14. The minimum absolute atomic E-state index is 0.00128. The van der Waals surface area contributed by atoms with E-state index in [0.717, 1.165) is 29.8 Å². The summed E-state index contributed by atoms with van der Waals surface area (Å²) in [4.78, 5) is 25.5. The number of carbonyl (C=O) groups excluding carboxylic acids is 2. The van der Waals surface area contributed by atoms with E-state index in [1.807, 2.05) is 35.2 Å². The van der Waals surface area contributed by atoms with Gasteiger partial charge in [-0.2, -0.15) is 5.10 Å². The second-order valence-corrected chi connectivity index (χ2v) is 7.55. The Balaban J connectivity index is 1.37. The number of rotatable bonds is 7. The maximum absolute atomic E-state index is 12.3. The van der Waals surface area contributed by atoms with Crippen LogP contribution in [0.5, 0.6) is 0 Å². The Hall–Kier alpha value is -2.15. The molecule has 25 heavy (non-hydrogen) atoms. The molecule has 0 unspecified atom stereocenters. The van der Waals surface area contributed by atoms with Gasteiger partial charge in [-0.3, -0.25) is 14.3 Å². The normalized spacial score (nSPS) is 19.7. The Kier molecular flexibility index (Phi) is 5.86. The Morgan fingerprint density at radius 3 is 2.96 bits per heavy atom. The van der Waals surface area contributed by atoms with E-state index in [4.69, 9.17) is 0 Å². The summed E-state index contributed by atoms with van der Waals surface area (Å²) < 4.78 is 1.83. The fourth-order valence-electron chi connectivity index (χ4n) is 3.22. The average Bonchev–Trinajstić information content (AvgIpc) is 3.33. The third kappa shape index (κ3) is 4.92. The SMILES string of the molecule is Cc1ccnn1CCC(=O)N[C@@H]1CC[C@H](C(=O)NCc2cccs2)C1. The molecule has 2 aromatic heterocycles. The van der Waals surface area contributed by atoms with E-state index in [1.54, 1.807) is 17.5 Å². The smallest absolute Gasteiger partial charge is 0.223 e. The van der Waals surface area contributed by atoms with Crippen molar-refractivity contribution < 1.29 is 9.59 Å². The maximum atomic E-state index is 12.3. The predicted molar refractivity (Wildman–Crippen MR) is 97.0 cm³/mol. The molecule has 6 nitrogen and oxygen atoms in total. The first-order valence-corrected chi connectivity index (χ1v) is 9.57. The highest BCUT2D eigenvalue weighted by molar-refractivity contribution is 7.09. The summed E-state index contributed by atoms with van der Waals surface area (Å²) in [6.45, 7) is 3.15. The molecule has 0 spiro atoms. The number of amides is 2. The van der Waals surface area contributed by atoms with Gasteiger partial charge in [-0.25, -0.2) is 0 Å². The summed E-state index contributed by atoms with van der Waals surface area (Å²) in [7, 11) is 0. The van der Waals surface area contributed by atoms with Gasteiger partial charge < -0.3 is 10.6 Å². The largest absolute Gasteiger partial charge is 0.353 e. The van der Waals surface area contributed by atoms with Crippen LogP contribution in [-0.2, 0) is 22.7 Å². The van der Waals surface area contributed by atoms with Crippen LogP contribution in [0.4, 0.5) is 0 Å². The molecule has 2 amide bonds. The molecule has 0 bridgehead atoms. The minimum atomic E-state index is -0.00128. The van der Waals surface area contributed by atoms with Gasteiger partial charge in [0.1, 0.15) is 0 Å². The fourth-order valence-corrected chi connectivity index (χ4v) is 3.87. The molecule has 2 N–H and O–H groups in total. The molecule has 7 heteroatoms. The average molecular weight is 360 g/mol. The number of carbonyl (C=O) groups is 2. The number of hydrogen-bond donors (Lipinski definition) is 2. The van der Waals surface area contributed by atoms with Gasteiger partial charge in [-0.05, 0) is 43.7 Å². The lowest BCUT2D eigenvalue weighted by atomic mass is 10.1. The highest BCUT2D eigenvalue weighted by Crippen LogP contribution is 2.26. The van der Waals surface area contributed by atoms with E-state index in [2.05, 4.69) is 15.7 Å². The highest BCUT2D eigenvalue weighted by Gasteiger charge is 2.30. The van der Waals surface area contributed by atoms with Gasteiger partial charge >= 0.3 is 0 Å². The van der Waals surface area contributed by atoms with Crippen LogP contribution in [-0.4, -0.2) is 27.6 Å². The van der Waals surface area contributed by atoms with Crippen molar-refractivity contribution in [2.24, 2.45) is 5.92 Å². The molecule has 0 aliphatic heterocycles. The van der Waals surface area contributed by atoms with E-state index < -0.39 is 0 Å². The number of thiophene rings is 1. The van der Waals surface area contributed by atoms with Gasteiger partial charge in [0.05, 0.1) is 6.54 Å². The van der Waals surface area contributed by atoms with Crippen LogP contribution in [0.25, 0.3) is 0 Å². The molecule has 1 saturated carbocycles. The summed E-state index contributed by atoms with van der Waals surface area (Å²) in [6.07, 6.45) is 4.57. The van der Waals surface area contributed by atoms with Gasteiger partial charge in [0.2, 0.25) is 11.8 Å². The molecule has 2 heterocycles. The van der Waals surface area contributed by atoms with E-state index in [0.29, 0.717) is 19.5 Å². The zero-order valence-electron chi connectivity index (χ0n) is 14.4. The first kappa shape index (κ1) is 17.7. The quantitative estimate of drug-likeness (QED) is 0.795. The van der Waals surface area contributed by atoms with Crippen molar-refractivity contribution in [3.8, 4) is 0 Å². The first-order chi connectivity index (χ1) is 12.1. The number of hydrogen-bond acceptors (Lipinski definition) is 4. The van der Waals surface area contributed by atoms with Crippen molar-refractivity contribution >= 4 is 23.2 Å². The van der Waals surface area contributed by atoms with Gasteiger partial charge in [-0.1, -0.05) is 6.07 Å². The maximum Gasteiger partial charge on any atom is 0.223 e. The molecule has 134 valence electrons. The second kappa shape index (κ2) is 8.29. The molecular weight excluding hydrogens is 336 g/mol. The van der Waals surface area contributed by atoms with Crippen molar-refractivity contribution in [3.63, 3.8) is 0 Å². The Labute approximate surface area is 151 Å². The Morgan fingerprint density at radius 2 is 2.24 bits per heavy atom. The second-order valence-electron chi connectivity index (χ2n) is 6.52. The van der Waals surface area contributed by atoms with Crippen LogP contribution < -0.4 is 10.6 Å². The molecule has 1 aliphatic rings. The lowest BCUT2D eigenvalue weighted by Crippen LogP contribution is -2.35. The number of aromatic nitrogens is 2. The van der Waals surface area contributed by atoms with Crippen molar-refractivity contribution in [3.05, 3.63) is 40.3 Å². The molecule has 2 atom stereocenters. The molecule has 2 aromatic rings. The van der Waals surface area contributed by atoms with Gasteiger partial charge in [0.25, 0.3) is 0 Å². The van der Waals surface area contributed by atoms with Gasteiger partial charge in [0, 0.05) is 41.7 Å². The molecule has 0 saturated heterocycles. The first-order valence-electron chi connectivity index (χ1n) is 8.69. The van der Waals surface area contributed by atoms with Crippen molar-refractivity contribution in [2.75, 3.05) is 0 Å². The Bertz CT molecular complexity index is 710. The zero-order valence-corrected chi connectivity index (χ0v) is 15.2. The summed E-state index contributed by atoms with van der Waals surface area (Å²) in [6, 6.07) is 6.03. The molecule has 1 aliphatic carbocycles. The predicted octanol–water partition coefficient (Wildman–Crippen LogP) is 2.24. The van der Waals surface area contributed by atoms with Crippen LogP contribution in [0.3, 0.4) is 0 Å². The van der Waals surface area contributed by atoms with Crippen LogP contribution in [0.15, 0.2) is 29.8 Å². The third-order valence-electron chi connectivity index (χ3n) is 4.67. The summed E-state index contributed by atoms with van der Waals surface area (Å²) in [5, 5.41) is 12.2. The van der Waals surface area contributed by atoms with Crippen molar-refractivity contribution in [1.29, 1.82) is 0 Å². The topological polar surface area (TPSA) is 76.0 Å². The van der Waals surface area contributed by atoms with E-state index in [1.165, 1.54) is 0 Å². The van der Waals surface area contributed by atoms with Crippen LogP contribution >= 0.6 is 11.3 Å². The number of nitrogens with zero attached hydrogens (tertiary/aromatic N) is 2. The lowest BCUT2D eigenvalue weighted by molar-refractivity contribution is -0.125. The molecular formula is C18H24N4O2S. The van der Waals surface area contributed by atoms with Gasteiger partial charge in [0.15, 0.2) is 0 Å². The molecule has 3 rings (SSSR count). The van der Waals surface area contributed by atoms with Crippen LogP contribution in [0, 0.1) is 12.8 Å². The van der Waals surface area contributed by atoms with Crippen LogP contribution in [0.1, 0.15) is 36.3 Å². The summed E-state index contributed by atoms with van der Waals surface area (Å²) in [5.41, 5.74) is 1.05. The fraction of sp³-hybridized carbons (Fsp3) is 0.500. The Morgan fingerprint density at radius 1 is 1.36 bits per heavy atom. The highest BCUT2D eigenvalue weighted by atomic mass is 32.1. The summed E-state index contributed by atoms with van der Waals surface area (Å²) in [5.74, 6) is 0.121. The number of nitrogens with one attached hydrogen (secondary N) is 2. The number of aryl methyl sites for hydroxylation is 2. The molecule has 0 radical (unpaired) electrons. The van der Waals surface area contributed by atoms with E-state index >= 15 is 0 Å². The van der Waals surface area contributed by atoms with E-state index in [9.17, 15) is 9.59 Å². The standard InChI is InChI=1S/C18H24N4O2S/c1-13-6-8-20-22(13)9-7-17(23)21-15-5-4-14(11-15)18(24)19-12-16-3-2-10-25-16/h2-3,6,8,10,14-15H,4-5,7,9,11-12H2,1H3,(H,19,24)(H,21,23)/t14-,15+/m0/s1. The van der Waals surface area contributed by atoms with Gasteiger partial charge in [-0.15, -0.1) is 11.3 Å². The van der Waals surface area contributed by atoms with Crippen LogP contribution in [0.2, 0.25) is 0 Å². The third-order valence-corrected chi connectivity index (χ3v) is 5.54. The van der Waals surface area contributed by atoms with Crippen molar-refractivity contribution in [2.45, 2.75) is 51.7 Å². The monoisotopic (exact) mass is 360 g/mol. The molecule has 0 aromatic carbocycles. The summed E-state index contributed by atoms with van der Waals surface area (Å²) >= 11 is 1.64. The minimum Gasteiger partial charge on any atom is -0.353 e. The van der Waals surface area contributed by atoms with E-state index in [-0.39, 0.29) is 23.8 Å². The zero-order chi connectivity index (χ0) is 17.6.